The summed E-state index contributed by atoms with van der Waals surface area (Å²) in [6, 6.07) is -0.319. The van der Waals surface area contributed by atoms with Gasteiger partial charge in [0.2, 0.25) is 0 Å². The number of hydrogen-bond donors (Lipinski definition) is 4. The summed E-state index contributed by atoms with van der Waals surface area (Å²) in [6.07, 6.45) is 14.6. The van der Waals surface area contributed by atoms with Crippen molar-refractivity contribution in [3.05, 3.63) is 0 Å². The van der Waals surface area contributed by atoms with Crippen LogP contribution >= 0.6 is 0 Å². The Bertz CT molecular complexity index is 306. The molecule has 6 nitrogen and oxygen atoms in total. The average molecular weight is 371 g/mol. The summed E-state index contributed by atoms with van der Waals surface area (Å²) in [6.45, 7) is 6.72. The lowest BCUT2D eigenvalue weighted by Crippen LogP contribution is -2.43. The number of rotatable bonds is 17. The first kappa shape index (κ1) is 24.5. The van der Waals surface area contributed by atoms with Crippen LogP contribution in [-0.2, 0) is 0 Å². The first-order valence-electron chi connectivity index (χ1n) is 10.7. The Balaban J connectivity index is 3.31. The lowest BCUT2D eigenvalue weighted by Gasteiger charge is -2.09. The highest BCUT2D eigenvalue weighted by atomic mass is 16.2. The van der Waals surface area contributed by atoms with Crippen LogP contribution in [0.5, 0.6) is 0 Å². The molecule has 0 aliphatic carbocycles. The first-order valence-corrected chi connectivity index (χ1v) is 10.7. The van der Waals surface area contributed by atoms with Gasteiger partial charge in [0, 0.05) is 26.2 Å². The van der Waals surface area contributed by atoms with Gasteiger partial charge >= 0.3 is 12.1 Å². The highest BCUT2D eigenvalue weighted by Gasteiger charge is 2.01. The molecule has 26 heavy (non-hydrogen) atoms. The molecule has 0 aromatic heterocycles. The fourth-order valence-electron chi connectivity index (χ4n) is 2.69. The predicted octanol–water partition coefficient (Wildman–Crippen LogP) is 4.31. The van der Waals surface area contributed by atoms with Gasteiger partial charge < -0.3 is 21.3 Å². The zero-order chi connectivity index (χ0) is 19.3. The number of urea groups is 2. The van der Waals surface area contributed by atoms with Crippen LogP contribution in [0.25, 0.3) is 0 Å². The van der Waals surface area contributed by atoms with E-state index in [-0.39, 0.29) is 12.1 Å². The maximum Gasteiger partial charge on any atom is 0.314 e. The molecule has 0 bridgehead atoms. The van der Waals surface area contributed by atoms with E-state index in [0.29, 0.717) is 26.2 Å². The van der Waals surface area contributed by atoms with Crippen LogP contribution in [0.15, 0.2) is 0 Å². The van der Waals surface area contributed by atoms with Crippen LogP contribution in [0.1, 0.15) is 90.9 Å². The Morgan fingerprint density at radius 1 is 0.462 bits per heavy atom. The van der Waals surface area contributed by atoms with Crippen molar-refractivity contribution in [1.82, 2.24) is 21.3 Å². The van der Waals surface area contributed by atoms with Crippen molar-refractivity contribution in [1.29, 1.82) is 0 Å². The number of amides is 4. The van der Waals surface area contributed by atoms with E-state index < -0.39 is 0 Å². The summed E-state index contributed by atoms with van der Waals surface area (Å²) in [7, 11) is 0. The minimum Gasteiger partial charge on any atom is -0.338 e. The summed E-state index contributed by atoms with van der Waals surface area (Å²) in [4.78, 5) is 23.2. The fraction of sp³-hybridized carbons (Fsp3) is 0.900. The number of unbranched alkanes of at least 4 members (excludes halogenated alkanes) is 10. The third-order valence-corrected chi connectivity index (χ3v) is 4.33. The molecule has 0 saturated heterocycles. The van der Waals surface area contributed by atoms with Gasteiger partial charge in [-0.15, -0.1) is 0 Å². The predicted molar refractivity (Wildman–Crippen MR) is 110 cm³/mol. The molecule has 0 spiro atoms. The lowest BCUT2D eigenvalue weighted by atomic mass is 10.1. The molecule has 0 fully saturated rings. The van der Waals surface area contributed by atoms with Crippen LogP contribution < -0.4 is 21.3 Å². The molecule has 0 rings (SSSR count). The van der Waals surface area contributed by atoms with E-state index in [1.165, 1.54) is 64.2 Å². The van der Waals surface area contributed by atoms with E-state index in [0.717, 1.165) is 12.8 Å². The van der Waals surface area contributed by atoms with Crippen molar-refractivity contribution in [2.75, 3.05) is 26.2 Å². The van der Waals surface area contributed by atoms with Crippen molar-refractivity contribution in [3.63, 3.8) is 0 Å². The second-order valence-corrected chi connectivity index (χ2v) is 6.90. The number of carbonyl (C=O) groups is 2. The van der Waals surface area contributed by atoms with Gasteiger partial charge in [-0.25, -0.2) is 9.59 Å². The van der Waals surface area contributed by atoms with Gasteiger partial charge in [-0.3, -0.25) is 0 Å². The molecule has 0 radical (unpaired) electrons. The topological polar surface area (TPSA) is 82.3 Å². The molecular weight excluding hydrogens is 328 g/mol. The molecule has 0 atom stereocenters. The monoisotopic (exact) mass is 370 g/mol. The van der Waals surface area contributed by atoms with Crippen molar-refractivity contribution < 1.29 is 9.59 Å². The molecule has 0 aromatic rings. The normalized spacial score (nSPS) is 10.4. The van der Waals surface area contributed by atoms with E-state index in [1.807, 2.05) is 0 Å². The molecule has 0 heterocycles. The molecule has 154 valence electrons. The van der Waals surface area contributed by atoms with E-state index in [4.69, 9.17) is 0 Å². The summed E-state index contributed by atoms with van der Waals surface area (Å²) < 4.78 is 0. The largest absolute Gasteiger partial charge is 0.338 e. The Morgan fingerprint density at radius 2 is 0.769 bits per heavy atom. The number of hydrogen-bond acceptors (Lipinski definition) is 2. The molecule has 0 saturated carbocycles. The zero-order valence-electron chi connectivity index (χ0n) is 17.1. The van der Waals surface area contributed by atoms with E-state index in [9.17, 15) is 9.59 Å². The van der Waals surface area contributed by atoms with Crippen LogP contribution in [0.2, 0.25) is 0 Å². The van der Waals surface area contributed by atoms with Crippen LogP contribution in [0.4, 0.5) is 9.59 Å². The second-order valence-electron chi connectivity index (χ2n) is 6.90. The van der Waals surface area contributed by atoms with Crippen LogP contribution in [0, 0.1) is 0 Å². The summed E-state index contributed by atoms with van der Waals surface area (Å²) >= 11 is 0. The van der Waals surface area contributed by atoms with E-state index in [1.54, 1.807) is 0 Å². The first-order chi connectivity index (χ1) is 12.7. The molecule has 0 unspecified atom stereocenters. The van der Waals surface area contributed by atoms with Crippen LogP contribution in [-0.4, -0.2) is 38.2 Å². The molecule has 0 aliphatic rings. The summed E-state index contributed by atoms with van der Waals surface area (Å²) in [5, 5.41) is 11.2. The fourth-order valence-corrected chi connectivity index (χ4v) is 2.69. The van der Waals surface area contributed by atoms with E-state index >= 15 is 0 Å². The maximum atomic E-state index is 11.6. The quantitative estimate of drug-likeness (QED) is 0.288. The Labute approximate surface area is 160 Å². The average Bonchev–Trinajstić information content (AvgIpc) is 2.64. The highest BCUT2D eigenvalue weighted by Crippen LogP contribution is 2.04. The standard InChI is InChI=1S/C20H42N4O2/c1-3-5-7-9-11-13-15-21-19(25)23-17-18-24-20(26)22-16-14-12-10-8-6-4-2/h3-18H2,1-2H3,(H2,21,23,25)(H2,22,24,26). The molecule has 0 aliphatic heterocycles. The van der Waals surface area contributed by atoms with Crippen molar-refractivity contribution in [2.24, 2.45) is 0 Å². The summed E-state index contributed by atoms with van der Waals surface area (Å²) in [5.74, 6) is 0. The Kier molecular flexibility index (Phi) is 18.7. The van der Waals surface area contributed by atoms with Gasteiger partial charge in [0.25, 0.3) is 0 Å². The summed E-state index contributed by atoms with van der Waals surface area (Å²) in [5.41, 5.74) is 0. The smallest absolute Gasteiger partial charge is 0.314 e. The maximum absolute atomic E-state index is 11.6. The molecular formula is C20H42N4O2. The van der Waals surface area contributed by atoms with Crippen molar-refractivity contribution >= 4 is 12.1 Å². The number of nitrogens with one attached hydrogen (secondary N) is 4. The SMILES string of the molecule is CCCCCCCCNC(=O)NCCNC(=O)NCCCCCCCC. The van der Waals surface area contributed by atoms with Gasteiger partial charge in [0.15, 0.2) is 0 Å². The third kappa shape index (κ3) is 18.9. The van der Waals surface area contributed by atoms with Crippen molar-refractivity contribution in [3.8, 4) is 0 Å². The molecule has 6 heteroatoms. The van der Waals surface area contributed by atoms with Crippen molar-refractivity contribution in [2.45, 2.75) is 90.9 Å². The lowest BCUT2D eigenvalue weighted by molar-refractivity contribution is 0.236. The van der Waals surface area contributed by atoms with Gasteiger partial charge in [-0.05, 0) is 12.8 Å². The molecule has 0 aromatic carbocycles. The van der Waals surface area contributed by atoms with Gasteiger partial charge in [0.1, 0.15) is 0 Å². The van der Waals surface area contributed by atoms with E-state index in [2.05, 4.69) is 35.1 Å². The minimum absolute atomic E-state index is 0.159. The Hall–Kier alpha value is -1.46. The van der Waals surface area contributed by atoms with Gasteiger partial charge in [0.05, 0.1) is 0 Å². The zero-order valence-corrected chi connectivity index (χ0v) is 17.1. The highest BCUT2D eigenvalue weighted by molar-refractivity contribution is 5.75. The number of carbonyl (C=O) groups excluding carboxylic acids is 2. The molecule has 4 amide bonds. The Morgan fingerprint density at radius 3 is 1.15 bits per heavy atom. The second kappa shape index (κ2) is 19.9. The molecule has 4 N–H and O–H groups in total. The van der Waals surface area contributed by atoms with Gasteiger partial charge in [-0.1, -0.05) is 78.1 Å². The van der Waals surface area contributed by atoms with Crippen LogP contribution in [0.3, 0.4) is 0 Å². The third-order valence-electron chi connectivity index (χ3n) is 4.33. The minimum atomic E-state index is -0.159. The van der Waals surface area contributed by atoms with Gasteiger partial charge in [-0.2, -0.15) is 0 Å².